The summed E-state index contributed by atoms with van der Waals surface area (Å²) in [7, 11) is 0. The van der Waals surface area contributed by atoms with Gasteiger partial charge in [0.25, 0.3) is 5.91 Å². The first kappa shape index (κ1) is 15.9. The van der Waals surface area contributed by atoms with Crippen LogP contribution in [0.3, 0.4) is 0 Å². The van der Waals surface area contributed by atoms with E-state index in [1.165, 1.54) is 0 Å². The fourth-order valence-electron chi connectivity index (χ4n) is 2.27. The molecular formula is C18H19N5O. The third-order valence-electron chi connectivity index (χ3n) is 3.76. The van der Waals surface area contributed by atoms with Crippen molar-refractivity contribution in [3.63, 3.8) is 0 Å². The molecule has 1 aromatic carbocycles. The molecule has 6 heteroatoms. The van der Waals surface area contributed by atoms with E-state index in [4.69, 9.17) is 0 Å². The summed E-state index contributed by atoms with van der Waals surface area (Å²) >= 11 is 0. The Labute approximate surface area is 140 Å². The molecule has 0 aliphatic heterocycles. The summed E-state index contributed by atoms with van der Waals surface area (Å²) in [6.45, 7) is 4.11. The van der Waals surface area contributed by atoms with Gasteiger partial charge in [0, 0.05) is 23.8 Å². The highest BCUT2D eigenvalue weighted by molar-refractivity contribution is 6.07. The van der Waals surface area contributed by atoms with Crippen LogP contribution in [0, 0.1) is 0 Å². The Balaban J connectivity index is 1.83. The summed E-state index contributed by atoms with van der Waals surface area (Å²) < 4.78 is 0. The fraction of sp³-hybridized carbons (Fsp3) is 0.222. The lowest BCUT2D eigenvalue weighted by Gasteiger charge is -2.12. The SMILES string of the molecule is CCC(C)Nc1nccc(C(=O)Nc2cccc3cccnc23)n1. The first-order valence-corrected chi connectivity index (χ1v) is 7.92. The standard InChI is InChI=1S/C18H19N5O/c1-3-12(2)21-18-20-11-9-15(23-18)17(24)22-14-8-4-6-13-7-5-10-19-16(13)14/h4-12H,3H2,1-2H3,(H,22,24)(H,20,21,23). The van der Waals surface area contributed by atoms with Crippen molar-refractivity contribution >= 4 is 28.4 Å². The Morgan fingerprint density at radius 2 is 1.96 bits per heavy atom. The molecule has 0 radical (unpaired) electrons. The molecule has 0 fully saturated rings. The van der Waals surface area contributed by atoms with E-state index in [1.54, 1.807) is 18.5 Å². The van der Waals surface area contributed by atoms with Gasteiger partial charge in [0.05, 0.1) is 11.2 Å². The number of hydrogen-bond donors (Lipinski definition) is 2. The number of nitrogens with zero attached hydrogens (tertiary/aromatic N) is 3. The van der Waals surface area contributed by atoms with E-state index in [-0.39, 0.29) is 11.9 Å². The van der Waals surface area contributed by atoms with Crippen LogP contribution in [0.2, 0.25) is 0 Å². The number of amides is 1. The second kappa shape index (κ2) is 7.04. The first-order chi connectivity index (χ1) is 11.7. The zero-order valence-electron chi connectivity index (χ0n) is 13.7. The number of carbonyl (C=O) groups is 1. The Bertz CT molecular complexity index is 859. The Morgan fingerprint density at radius 1 is 1.12 bits per heavy atom. The molecule has 3 rings (SSSR count). The van der Waals surface area contributed by atoms with Gasteiger partial charge in [-0.15, -0.1) is 0 Å². The third-order valence-corrected chi connectivity index (χ3v) is 3.76. The molecule has 6 nitrogen and oxygen atoms in total. The van der Waals surface area contributed by atoms with Crippen molar-refractivity contribution in [1.29, 1.82) is 0 Å². The molecule has 0 bridgehead atoms. The van der Waals surface area contributed by atoms with E-state index in [0.29, 0.717) is 17.3 Å². The third kappa shape index (κ3) is 3.48. The second-order valence-electron chi connectivity index (χ2n) is 5.55. The largest absolute Gasteiger partial charge is 0.352 e. The fourth-order valence-corrected chi connectivity index (χ4v) is 2.27. The molecule has 2 aromatic heterocycles. The maximum atomic E-state index is 12.5. The Kier molecular flexibility index (Phi) is 4.65. The number of anilines is 2. The highest BCUT2D eigenvalue weighted by atomic mass is 16.1. The molecule has 122 valence electrons. The monoisotopic (exact) mass is 321 g/mol. The molecule has 2 heterocycles. The number of nitrogens with one attached hydrogen (secondary N) is 2. The van der Waals surface area contributed by atoms with Crippen molar-refractivity contribution in [3.8, 4) is 0 Å². The minimum absolute atomic E-state index is 0.241. The van der Waals surface area contributed by atoms with Crippen LogP contribution in [0.5, 0.6) is 0 Å². The van der Waals surface area contributed by atoms with Gasteiger partial charge in [-0.3, -0.25) is 9.78 Å². The molecule has 3 aromatic rings. The van der Waals surface area contributed by atoms with Gasteiger partial charge in [-0.25, -0.2) is 9.97 Å². The van der Waals surface area contributed by atoms with Crippen molar-refractivity contribution in [1.82, 2.24) is 15.0 Å². The van der Waals surface area contributed by atoms with Crippen molar-refractivity contribution in [2.45, 2.75) is 26.3 Å². The molecule has 1 atom stereocenters. The van der Waals surface area contributed by atoms with Crippen LogP contribution in [0.4, 0.5) is 11.6 Å². The van der Waals surface area contributed by atoms with Crippen LogP contribution >= 0.6 is 0 Å². The number of pyridine rings is 1. The normalized spacial score (nSPS) is 11.9. The van der Waals surface area contributed by atoms with E-state index in [0.717, 1.165) is 17.3 Å². The Morgan fingerprint density at radius 3 is 2.79 bits per heavy atom. The van der Waals surface area contributed by atoms with Crippen LogP contribution in [0.1, 0.15) is 30.8 Å². The molecule has 0 aliphatic rings. The van der Waals surface area contributed by atoms with Crippen molar-refractivity contribution in [2.24, 2.45) is 0 Å². The van der Waals surface area contributed by atoms with Crippen LogP contribution in [-0.2, 0) is 0 Å². The van der Waals surface area contributed by atoms with Crippen LogP contribution < -0.4 is 10.6 Å². The van der Waals surface area contributed by atoms with Crippen LogP contribution in [-0.4, -0.2) is 26.9 Å². The molecule has 0 spiro atoms. The predicted molar refractivity (Wildman–Crippen MR) is 95.1 cm³/mol. The molecular weight excluding hydrogens is 302 g/mol. The predicted octanol–water partition coefficient (Wildman–Crippen LogP) is 3.49. The molecule has 1 unspecified atom stereocenters. The summed E-state index contributed by atoms with van der Waals surface area (Å²) in [5.41, 5.74) is 1.72. The lowest BCUT2D eigenvalue weighted by atomic mass is 10.2. The minimum atomic E-state index is -0.289. The van der Waals surface area contributed by atoms with Gasteiger partial charge < -0.3 is 10.6 Å². The number of rotatable bonds is 5. The van der Waals surface area contributed by atoms with Gasteiger partial charge in [0.1, 0.15) is 5.69 Å². The van der Waals surface area contributed by atoms with Gasteiger partial charge in [0.15, 0.2) is 0 Å². The number of hydrogen-bond acceptors (Lipinski definition) is 5. The zero-order valence-corrected chi connectivity index (χ0v) is 13.7. The average molecular weight is 321 g/mol. The number of benzene rings is 1. The summed E-state index contributed by atoms with van der Waals surface area (Å²) in [5.74, 6) is 0.163. The smallest absolute Gasteiger partial charge is 0.274 e. The van der Waals surface area contributed by atoms with Crippen molar-refractivity contribution in [2.75, 3.05) is 10.6 Å². The molecule has 24 heavy (non-hydrogen) atoms. The van der Waals surface area contributed by atoms with E-state index in [1.807, 2.05) is 37.3 Å². The summed E-state index contributed by atoms with van der Waals surface area (Å²) in [4.78, 5) is 25.3. The average Bonchev–Trinajstić information content (AvgIpc) is 2.62. The Hall–Kier alpha value is -3.02. The lowest BCUT2D eigenvalue weighted by molar-refractivity contribution is 0.102. The summed E-state index contributed by atoms with van der Waals surface area (Å²) in [5, 5.41) is 7.01. The van der Waals surface area contributed by atoms with Gasteiger partial charge in [0.2, 0.25) is 5.95 Å². The first-order valence-electron chi connectivity index (χ1n) is 7.92. The van der Waals surface area contributed by atoms with E-state index in [2.05, 4.69) is 32.5 Å². The molecule has 0 saturated carbocycles. The minimum Gasteiger partial charge on any atom is -0.352 e. The molecule has 0 saturated heterocycles. The van der Waals surface area contributed by atoms with Crippen molar-refractivity contribution < 1.29 is 4.79 Å². The topological polar surface area (TPSA) is 79.8 Å². The van der Waals surface area contributed by atoms with Gasteiger partial charge >= 0.3 is 0 Å². The van der Waals surface area contributed by atoms with Gasteiger partial charge in [-0.05, 0) is 31.5 Å². The quantitative estimate of drug-likeness (QED) is 0.752. The van der Waals surface area contributed by atoms with Gasteiger partial charge in [-0.2, -0.15) is 0 Å². The van der Waals surface area contributed by atoms with Crippen LogP contribution in [0.25, 0.3) is 10.9 Å². The van der Waals surface area contributed by atoms with Crippen molar-refractivity contribution in [3.05, 3.63) is 54.5 Å². The zero-order chi connectivity index (χ0) is 16.9. The number of para-hydroxylation sites is 1. The highest BCUT2D eigenvalue weighted by Gasteiger charge is 2.12. The second-order valence-corrected chi connectivity index (χ2v) is 5.55. The molecule has 2 N–H and O–H groups in total. The van der Waals surface area contributed by atoms with Crippen LogP contribution in [0.15, 0.2) is 48.8 Å². The van der Waals surface area contributed by atoms with E-state index in [9.17, 15) is 4.79 Å². The summed E-state index contributed by atoms with van der Waals surface area (Å²) in [6, 6.07) is 11.3. The molecule has 0 aliphatic carbocycles. The maximum absolute atomic E-state index is 12.5. The van der Waals surface area contributed by atoms with E-state index < -0.39 is 0 Å². The van der Waals surface area contributed by atoms with Gasteiger partial charge in [-0.1, -0.05) is 25.1 Å². The number of fused-ring (bicyclic) bond motifs is 1. The maximum Gasteiger partial charge on any atom is 0.274 e. The lowest BCUT2D eigenvalue weighted by Crippen LogP contribution is -2.19. The number of carbonyl (C=O) groups excluding carboxylic acids is 1. The highest BCUT2D eigenvalue weighted by Crippen LogP contribution is 2.21. The number of aromatic nitrogens is 3. The molecule has 1 amide bonds. The van der Waals surface area contributed by atoms with E-state index >= 15 is 0 Å². The summed E-state index contributed by atoms with van der Waals surface area (Å²) in [6.07, 6.45) is 4.23.